The van der Waals surface area contributed by atoms with Crippen molar-refractivity contribution in [3.05, 3.63) is 12.7 Å². The molecule has 142 valence electrons. The van der Waals surface area contributed by atoms with Crippen LogP contribution < -0.4 is 16.0 Å². The van der Waals surface area contributed by atoms with E-state index in [2.05, 4.69) is 22.5 Å². The van der Waals surface area contributed by atoms with Gasteiger partial charge in [-0.05, 0) is 52.9 Å². The first-order chi connectivity index (χ1) is 11.4. The zero-order valence-electron chi connectivity index (χ0n) is 15.8. The first kappa shape index (κ1) is 21.0. The molecule has 3 amide bonds. The Morgan fingerprint density at radius 3 is 2.32 bits per heavy atom. The van der Waals surface area contributed by atoms with Gasteiger partial charge in [0.05, 0.1) is 0 Å². The fourth-order valence-corrected chi connectivity index (χ4v) is 3.71. The summed E-state index contributed by atoms with van der Waals surface area (Å²) >= 11 is 0. The fraction of sp³-hybridized carbons (Fsp3) is 0.722. The molecule has 1 aliphatic rings. The monoisotopic (exact) mass is 353 g/mol. The smallest absolute Gasteiger partial charge is 0.404 e. The van der Waals surface area contributed by atoms with Gasteiger partial charge in [0.1, 0.15) is 5.54 Å². The first-order valence-electron chi connectivity index (χ1n) is 8.64. The SMILES string of the molecule is C=C[C@@H]1CC[C@@H](C(C)NC(=O)O)[C@@](NC(C)=O)(C(=O)NC(C)(C)C)C1. The molecule has 0 spiro atoms. The van der Waals surface area contributed by atoms with Gasteiger partial charge in [-0.15, -0.1) is 6.58 Å². The van der Waals surface area contributed by atoms with Gasteiger partial charge in [0.15, 0.2) is 0 Å². The fourth-order valence-electron chi connectivity index (χ4n) is 3.71. The second-order valence-electron chi connectivity index (χ2n) is 7.98. The third kappa shape index (κ3) is 5.47. The van der Waals surface area contributed by atoms with Gasteiger partial charge in [0.2, 0.25) is 11.8 Å². The minimum Gasteiger partial charge on any atom is -0.465 e. The zero-order valence-corrected chi connectivity index (χ0v) is 15.8. The summed E-state index contributed by atoms with van der Waals surface area (Å²) in [7, 11) is 0. The highest BCUT2D eigenvalue weighted by molar-refractivity contribution is 5.92. The lowest BCUT2D eigenvalue weighted by Crippen LogP contribution is -2.69. The Bertz CT molecular complexity index is 541. The van der Waals surface area contributed by atoms with Crippen LogP contribution in [0, 0.1) is 11.8 Å². The van der Waals surface area contributed by atoms with Crippen LogP contribution in [0.15, 0.2) is 12.7 Å². The highest BCUT2D eigenvalue weighted by atomic mass is 16.4. The second-order valence-corrected chi connectivity index (χ2v) is 7.98. The highest BCUT2D eigenvalue weighted by Gasteiger charge is 2.52. The predicted octanol–water partition coefficient (Wildman–Crippen LogP) is 2.03. The van der Waals surface area contributed by atoms with Crippen LogP contribution in [-0.4, -0.2) is 40.1 Å². The van der Waals surface area contributed by atoms with E-state index in [-0.39, 0.29) is 23.7 Å². The van der Waals surface area contributed by atoms with E-state index in [1.807, 2.05) is 20.8 Å². The van der Waals surface area contributed by atoms with Crippen LogP contribution in [0.1, 0.15) is 53.9 Å². The molecular formula is C18H31N3O4. The number of rotatable bonds is 5. The van der Waals surface area contributed by atoms with Crippen molar-refractivity contribution < 1.29 is 19.5 Å². The van der Waals surface area contributed by atoms with Crippen molar-refractivity contribution in [2.45, 2.75) is 71.0 Å². The summed E-state index contributed by atoms with van der Waals surface area (Å²) in [6.07, 6.45) is 2.45. The van der Waals surface area contributed by atoms with E-state index in [1.54, 1.807) is 13.0 Å². The summed E-state index contributed by atoms with van der Waals surface area (Å²) in [4.78, 5) is 36.2. The molecule has 25 heavy (non-hydrogen) atoms. The lowest BCUT2D eigenvalue weighted by atomic mass is 9.65. The first-order valence-corrected chi connectivity index (χ1v) is 8.64. The summed E-state index contributed by atoms with van der Waals surface area (Å²) in [6.45, 7) is 12.5. The molecule has 7 heteroatoms. The maximum atomic E-state index is 13.2. The van der Waals surface area contributed by atoms with Crippen molar-refractivity contribution in [1.29, 1.82) is 0 Å². The molecule has 1 unspecified atom stereocenters. The topological polar surface area (TPSA) is 108 Å². The van der Waals surface area contributed by atoms with E-state index < -0.39 is 23.2 Å². The van der Waals surface area contributed by atoms with Gasteiger partial charge in [-0.25, -0.2) is 4.79 Å². The Balaban J connectivity index is 3.33. The Morgan fingerprint density at radius 2 is 1.88 bits per heavy atom. The molecule has 0 radical (unpaired) electrons. The van der Waals surface area contributed by atoms with Crippen LogP contribution in [0.4, 0.5) is 4.79 Å². The molecule has 1 aliphatic carbocycles. The van der Waals surface area contributed by atoms with E-state index in [0.717, 1.165) is 6.42 Å². The van der Waals surface area contributed by atoms with Crippen molar-refractivity contribution in [3.63, 3.8) is 0 Å². The minimum absolute atomic E-state index is 0.0749. The predicted molar refractivity (Wildman–Crippen MR) is 96.1 cm³/mol. The average Bonchev–Trinajstić information content (AvgIpc) is 2.43. The molecule has 0 aromatic carbocycles. The standard InChI is InChI=1S/C18H31N3O4/c1-7-13-8-9-14(11(2)19-16(24)25)18(10-13,20-12(3)22)15(23)21-17(4,5)6/h7,11,13-14,19H,1,8-10H2,2-6H3,(H,20,22)(H,21,23)(H,24,25)/t11?,13-,14+,18-/m1/s1. The molecule has 4 N–H and O–H groups in total. The molecule has 1 fully saturated rings. The molecule has 1 saturated carbocycles. The Hall–Kier alpha value is -2.05. The summed E-state index contributed by atoms with van der Waals surface area (Å²) in [6, 6.07) is -0.485. The lowest BCUT2D eigenvalue weighted by Gasteiger charge is -2.48. The second kappa shape index (κ2) is 7.89. The third-order valence-corrected chi connectivity index (χ3v) is 4.65. The van der Waals surface area contributed by atoms with E-state index >= 15 is 0 Å². The number of carboxylic acid groups (broad SMARTS) is 1. The van der Waals surface area contributed by atoms with Crippen molar-refractivity contribution in [3.8, 4) is 0 Å². The van der Waals surface area contributed by atoms with E-state index in [1.165, 1.54) is 6.92 Å². The molecule has 0 aromatic heterocycles. The summed E-state index contributed by atoms with van der Waals surface area (Å²) < 4.78 is 0. The molecular weight excluding hydrogens is 322 g/mol. The summed E-state index contributed by atoms with van der Waals surface area (Å²) in [5, 5.41) is 17.3. The third-order valence-electron chi connectivity index (χ3n) is 4.65. The van der Waals surface area contributed by atoms with Gasteiger partial charge in [0, 0.05) is 24.4 Å². The zero-order chi connectivity index (χ0) is 19.4. The molecule has 0 heterocycles. The summed E-state index contributed by atoms with van der Waals surface area (Å²) in [5.74, 6) is -0.885. The average molecular weight is 353 g/mol. The van der Waals surface area contributed by atoms with Crippen LogP contribution in [0.5, 0.6) is 0 Å². The van der Waals surface area contributed by atoms with Gasteiger partial charge in [-0.1, -0.05) is 6.08 Å². The maximum absolute atomic E-state index is 13.2. The van der Waals surface area contributed by atoms with Gasteiger partial charge < -0.3 is 21.1 Å². The maximum Gasteiger partial charge on any atom is 0.404 e. The summed E-state index contributed by atoms with van der Waals surface area (Å²) in [5.41, 5.74) is -1.66. The number of hydrogen-bond acceptors (Lipinski definition) is 3. The molecule has 7 nitrogen and oxygen atoms in total. The van der Waals surface area contributed by atoms with Gasteiger partial charge in [-0.2, -0.15) is 0 Å². The van der Waals surface area contributed by atoms with Crippen LogP contribution in [0.3, 0.4) is 0 Å². The number of amides is 3. The number of hydrogen-bond donors (Lipinski definition) is 4. The van der Waals surface area contributed by atoms with Crippen molar-refractivity contribution in [2.75, 3.05) is 0 Å². The van der Waals surface area contributed by atoms with Crippen molar-refractivity contribution in [2.24, 2.45) is 11.8 Å². The molecule has 4 atom stereocenters. The van der Waals surface area contributed by atoms with E-state index in [0.29, 0.717) is 12.8 Å². The molecule has 0 saturated heterocycles. The van der Waals surface area contributed by atoms with Crippen LogP contribution in [0.2, 0.25) is 0 Å². The molecule has 0 aliphatic heterocycles. The van der Waals surface area contributed by atoms with E-state index in [9.17, 15) is 14.4 Å². The number of carbonyl (C=O) groups is 3. The molecule has 1 rings (SSSR count). The lowest BCUT2D eigenvalue weighted by molar-refractivity contribution is -0.139. The van der Waals surface area contributed by atoms with Crippen LogP contribution >= 0.6 is 0 Å². The van der Waals surface area contributed by atoms with E-state index in [4.69, 9.17) is 5.11 Å². The Labute approximate surface area is 149 Å². The van der Waals surface area contributed by atoms with Crippen molar-refractivity contribution in [1.82, 2.24) is 16.0 Å². The largest absolute Gasteiger partial charge is 0.465 e. The Kier molecular flexibility index (Phi) is 6.62. The van der Waals surface area contributed by atoms with Crippen LogP contribution in [0.25, 0.3) is 0 Å². The van der Waals surface area contributed by atoms with Gasteiger partial charge in [0.25, 0.3) is 0 Å². The molecule has 0 aromatic rings. The highest BCUT2D eigenvalue weighted by Crippen LogP contribution is 2.40. The van der Waals surface area contributed by atoms with Crippen LogP contribution in [-0.2, 0) is 9.59 Å². The normalized spacial score (nSPS) is 27.7. The van der Waals surface area contributed by atoms with Gasteiger partial charge in [-0.3, -0.25) is 9.59 Å². The number of carbonyl (C=O) groups excluding carboxylic acids is 2. The van der Waals surface area contributed by atoms with Gasteiger partial charge >= 0.3 is 6.09 Å². The number of allylic oxidation sites excluding steroid dienone is 1. The Morgan fingerprint density at radius 1 is 1.28 bits per heavy atom. The molecule has 0 bridgehead atoms. The van der Waals surface area contributed by atoms with Crippen molar-refractivity contribution >= 4 is 17.9 Å². The minimum atomic E-state index is -1.18. The quantitative estimate of drug-likeness (QED) is 0.567. The number of nitrogens with one attached hydrogen (secondary N) is 3.